The summed E-state index contributed by atoms with van der Waals surface area (Å²) in [4.78, 5) is 11.7. The molecule has 2 aromatic rings. The Hall–Kier alpha value is -1.95. The van der Waals surface area contributed by atoms with E-state index in [4.69, 9.17) is 11.6 Å². The van der Waals surface area contributed by atoms with E-state index in [1.807, 2.05) is 0 Å². The number of aryl methyl sites for hydroxylation is 1. The van der Waals surface area contributed by atoms with Gasteiger partial charge in [0, 0.05) is 12.7 Å². The average molecular weight is 255 g/mol. The summed E-state index contributed by atoms with van der Waals surface area (Å²) in [6, 6.07) is 3.91. The van der Waals surface area contributed by atoms with Crippen LogP contribution in [-0.4, -0.2) is 20.9 Å². The summed E-state index contributed by atoms with van der Waals surface area (Å²) in [5, 5.41) is 9.76. The molecule has 1 aromatic heterocycles. The highest BCUT2D eigenvalue weighted by molar-refractivity contribution is 6.31. The zero-order valence-corrected chi connectivity index (χ0v) is 9.57. The number of carbonyl (C=O) groups is 1. The molecule has 5 nitrogen and oxygen atoms in total. The molecule has 0 aliphatic heterocycles. The van der Waals surface area contributed by atoms with Crippen LogP contribution in [0, 0.1) is 5.82 Å². The number of anilines is 1. The third-order valence-electron chi connectivity index (χ3n) is 2.01. The predicted octanol–water partition coefficient (Wildman–Crippen LogP) is 1.86. The third kappa shape index (κ3) is 2.59. The number of hydrogen-bond acceptors (Lipinski definition) is 3. The largest absolute Gasteiger partial charge is 0.320 e. The number of amides is 1. The zero-order valence-electron chi connectivity index (χ0n) is 8.82. The first kappa shape index (κ1) is 11.5. The van der Waals surface area contributed by atoms with Crippen LogP contribution in [0.4, 0.5) is 10.1 Å². The van der Waals surface area contributed by atoms with Crippen molar-refractivity contribution >= 4 is 23.2 Å². The molecule has 0 radical (unpaired) electrons. The van der Waals surface area contributed by atoms with Gasteiger partial charge in [-0.25, -0.2) is 4.39 Å². The van der Waals surface area contributed by atoms with Crippen LogP contribution in [0.5, 0.6) is 0 Å². The normalized spacial score (nSPS) is 10.3. The third-order valence-corrected chi connectivity index (χ3v) is 2.30. The lowest BCUT2D eigenvalue weighted by atomic mass is 10.3. The summed E-state index contributed by atoms with van der Waals surface area (Å²) < 4.78 is 14.3. The second kappa shape index (κ2) is 4.50. The molecule has 0 aliphatic rings. The topological polar surface area (TPSA) is 59.8 Å². The summed E-state index contributed by atoms with van der Waals surface area (Å²) >= 11 is 5.59. The molecule has 0 unspecified atom stereocenters. The van der Waals surface area contributed by atoms with E-state index in [0.717, 1.165) is 0 Å². The van der Waals surface area contributed by atoms with E-state index in [2.05, 4.69) is 15.6 Å². The summed E-state index contributed by atoms with van der Waals surface area (Å²) in [5.41, 5.74) is 0.569. The predicted molar refractivity (Wildman–Crippen MR) is 60.4 cm³/mol. The molecule has 1 aromatic carbocycles. The van der Waals surface area contributed by atoms with Crippen LogP contribution in [0.3, 0.4) is 0 Å². The van der Waals surface area contributed by atoms with E-state index in [9.17, 15) is 9.18 Å². The lowest BCUT2D eigenvalue weighted by Gasteiger charge is -2.03. The molecule has 0 saturated carbocycles. The second-order valence-corrected chi connectivity index (χ2v) is 3.77. The first-order chi connectivity index (χ1) is 8.06. The first-order valence-corrected chi connectivity index (χ1v) is 5.07. The molecule has 0 bridgehead atoms. The fourth-order valence-corrected chi connectivity index (χ4v) is 1.40. The quantitative estimate of drug-likeness (QED) is 0.890. The molecule has 0 fully saturated rings. The number of nitrogens with zero attached hydrogens (tertiary/aromatic N) is 3. The number of aromatic nitrogens is 3. The van der Waals surface area contributed by atoms with Crippen LogP contribution < -0.4 is 5.32 Å². The lowest BCUT2D eigenvalue weighted by molar-refractivity contribution is 0.102. The molecular weight excluding hydrogens is 247 g/mol. The van der Waals surface area contributed by atoms with E-state index in [1.54, 1.807) is 7.05 Å². The van der Waals surface area contributed by atoms with Gasteiger partial charge in [-0.15, -0.1) is 5.10 Å². The maximum absolute atomic E-state index is 12.9. The van der Waals surface area contributed by atoms with Crippen molar-refractivity contribution < 1.29 is 9.18 Å². The molecule has 0 atom stereocenters. The minimum atomic E-state index is -0.538. The fraction of sp³-hybridized carbons (Fsp3) is 0.100. The minimum absolute atomic E-state index is 0.0538. The van der Waals surface area contributed by atoms with Gasteiger partial charge in [0.2, 0.25) is 0 Å². The highest BCUT2D eigenvalue weighted by Gasteiger charge is 2.10. The highest BCUT2D eigenvalue weighted by Crippen LogP contribution is 2.19. The molecule has 1 N–H and O–H groups in total. The maximum Gasteiger partial charge on any atom is 0.277 e. The fourth-order valence-electron chi connectivity index (χ4n) is 1.22. The van der Waals surface area contributed by atoms with Crippen molar-refractivity contribution in [2.45, 2.75) is 0 Å². The van der Waals surface area contributed by atoms with Gasteiger partial charge in [0.25, 0.3) is 5.91 Å². The Labute approximate surface area is 101 Å². The highest BCUT2D eigenvalue weighted by atomic mass is 35.5. The average Bonchev–Trinajstić information content (AvgIpc) is 2.70. The summed E-state index contributed by atoms with van der Waals surface area (Å²) in [6.07, 6.45) is 1.47. The van der Waals surface area contributed by atoms with Crippen molar-refractivity contribution in [2.75, 3.05) is 5.32 Å². The SMILES string of the molecule is Cn1cc(C(=O)Nc2ccc(F)c(Cl)c2)nn1. The molecule has 1 amide bonds. The molecule has 0 saturated heterocycles. The van der Waals surface area contributed by atoms with Gasteiger partial charge in [-0.05, 0) is 18.2 Å². The number of rotatable bonds is 2. The van der Waals surface area contributed by atoms with E-state index in [0.29, 0.717) is 5.69 Å². The zero-order chi connectivity index (χ0) is 12.4. The van der Waals surface area contributed by atoms with Crippen molar-refractivity contribution in [3.05, 3.63) is 40.9 Å². The van der Waals surface area contributed by atoms with Crippen LogP contribution in [0.1, 0.15) is 10.5 Å². The van der Waals surface area contributed by atoms with E-state index in [-0.39, 0.29) is 10.7 Å². The van der Waals surface area contributed by atoms with Crippen molar-refractivity contribution in [3.8, 4) is 0 Å². The number of carbonyl (C=O) groups excluding carboxylic acids is 1. The van der Waals surface area contributed by atoms with Gasteiger partial charge in [-0.2, -0.15) is 0 Å². The van der Waals surface area contributed by atoms with Gasteiger partial charge in [-0.1, -0.05) is 16.8 Å². The van der Waals surface area contributed by atoms with Gasteiger partial charge in [0.1, 0.15) is 5.82 Å². The molecular formula is C10H8ClFN4O. The van der Waals surface area contributed by atoms with Crippen LogP contribution >= 0.6 is 11.6 Å². The van der Waals surface area contributed by atoms with Crippen LogP contribution in [-0.2, 0) is 7.05 Å². The van der Waals surface area contributed by atoms with Gasteiger partial charge in [0.05, 0.1) is 11.2 Å². The Morgan fingerprint density at radius 1 is 1.53 bits per heavy atom. The number of halogens is 2. The van der Waals surface area contributed by atoms with Crippen molar-refractivity contribution in [3.63, 3.8) is 0 Å². The van der Waals surface area contributed by atoms with Crippen molar-refractivity contribution in [1.82, 2.24) is 15.0 Å². The monoisotopic (exact) mass is 254 g/mol. The number of benzene rings is 1. The molecule has 88 valence electrons. The van der Waals surface area contributed by atoms with Crippen LogP contribution in [0.25, 0.3) is 0 Å². The van der Waals surface area contributed by atoms with Crippen molar-refractivity contribution in [1.29, 1.82) is 0 Å². The lowest BCUT2D eigenvalue weighted by Crippen LogP contribution is -2.12. The van der Waals surface area contributed by atoms with E-state index >= 15 is 0 Å². The molecule has 7 heteroatoms. The summed E-state index contributed by atoms with van der Waals surface area (Å²) in [7, 11) is 1.65. The summed E-state index contributed by atoms with van der Waals surface area (Å²) in [6.45, 7) is 0. The molecule has 0 aliphatic carbocycles. The Bertz CT molecular complexity index is 569. The van der Waals surface area contributed by atoms with Crippen LogP contribution in [0.2, 0.25) is 5.02 Å². The molecule has 2 rings (SSSR count). The van der Waals surface area contributed by atoms with Gasteiger partial charge in [0.15, 0.2) is 5.69 Å². The standard InChI is InChI=1S/C10H8ClFN4O/c1-16-5-9(14-15-16)10(17)13-6-2-3-8(12)7(11)4-6/h2-5H,1H3,(H,13,17). The van der Waals surface area contributed by atoms with Gasteiger partial charge < -0.3 is 5.32 Å². The first-order valence-electron chi connectivity index (χ1n) is 4.69. The number of hydrogen-bond donors (Lipinski definition) is 1. The Balaban J connectivity index is 2.15. The maximum atomic E-state index is 12.9. The van der Waals surface area contributed by atoms with E-state index in [1.165, 1.54) is 29.1 Å². The molecule has 0 spiro atoms. The summed E-state index contributed by atoms with van der Waals surface area (Å²) in [5.74, 6) is -0.968. The van der Waals surface area contributed by atoms with Crippen LogP contribution in [0.15, 0.2) is 24.4 Å². The molecule has 17 heavy (non-hydrogen) atoms. The Morgan fingerprint density at radius 3 is 2.88 bits per heavy atom. The Morgan fingerprint density at radius 2 is 2.29 bits per heavy atom. The smallest absolute Gasteiger partial charge is 0.277 e. The minimum Gasteiger partial charge on any atom is -0.320 e. The van der Waals surface area contributed by atoms with E-state index < -0.39 is 11.7 Å². The Kier molecular flexibility index (Phi) is 3.06. The van der Waals surface area contributed by atoms with Gasteiger partial charge in [-0.3, -0.25) is 9.48 Å². The number of nitrogens with one attached hydrogen (secondary N) is 1. The molecule has 1 heterocycles. The van der Waals surface area contributed by atoms with Gasteiger partial charge >= 0.3 is 0 Å². The second-order valence-electron chi connectivity index (χ2n) is 3.36. The van der Waals surface area contributed by atoms with Crippen molar-refractivity contribution in [2.24, 2.45) is 7.05 Å².